The van der Waals surface area contributed by atoms with E-state index in [4.69, 9.17) is 0 Å². The quantitative estimate of drug-likeness (QED) is 0.728. The highest BCUT2D eigenvalue weighted by Crippen LogP contribution is 2.23. The monoisotopic (exact) mass is 341 g/mol. The van der Waals surface area contributed by atoms with Gasteiger partial charge in [0.25, 0.3) is 0 Å². The van der Waals surface area contributed by atoms with Crippen LogP contribution in [0.15, 0.2) is 54.7 Å². The Bertz CT molecular complexity index is 897. The summed E-state index contributed by atoms with van der Waals surface area (Å²) in [6.07, 6.45) is 1.04. The lowest BCUT2D eigenvalue weighted by atomic mass is 10.1. The van der Waals surface area contributed by atoms with E-state index >= 15 is 0 Å². The fraction of sp³-hybridized carbons (Fsp3) is 0.0556. The smallest absolute Gasteiger partial charge is 0.337 e. The SMILES string of the molecule is COC(=O)c1ccc(Nc2ncc(F)c(-c3ccc(F)cc3)n2)cc1. The van der Waals surface area contributed by atoms with Crippen LogP contribution in [0.3, 0.4) is 0 Å². The van der Waals surface area contributed by atoms with Gasteiger partial charge >= 0.3 is 5.97 Å². The molecule has 1 N–H and O–H groups in total. The van der Waals surface area contributed by atoms with Crippen LogP contribution in [0.25, 0.3) is 11.3 Å². The number of methoxy groups -OCH3 is 1. The highest BCUT2D eigenvalue weighted by Gasteiger charge is 2.10. The summed E-state index contributed by atoms with van der Waals surface area (Å²) in [6.45, 7) is 0. The minimum absolute atomic E-state index is 0.0590. The Morgan fingerprint density at radius 1 is 1.04 bits per heavy atom. The molecule has 2 aromatic carbocycles. The summed E-state index contributed by atoms with van der Waals surface area (Å²) in [4.78, 5) is 19.4. The van der Waals surface area contributed by atoms with Crippen molar-refractivity contribution >= 4 is 17.6 Å². The molecular weight excluding hydrogens is 328 g/mol. The van der Waals surface area contributed by atoms with Gasteiger partial charge in [0.2, 0.25) is 5.95 Å². The van der Waals surface area contributed by atoms with Gasteiger partial charge in [-0.2, -0.15) is 0 Å². The van der Waals surface area contributed by atoms with Gasteiger partial charge < -0.3 is 10.1 Å². The zero-order chi connectivity index (χ0) is 17.8. The van der Waals surface area contributed by atoms with E-state index in [1.54, 1.807) is 24.3 Å². The van der Waals surface area contributed by atoms with E-state index in [0.717, 1.165) is 6.20 Å². The molecule has 3 aromatic rings. The third kappa shape index (κ3) is 3.77. The van der Waals surface area contributed by atoms with Crippen LogP contribution in [-0.4, -0.2) is 23.0 Å². The summed E-state index contributed by atoms with van der Waals surface area (Å²) in [5, 5.41) is 2.92. The molecule has 0 bridgehead atoms. The first-order valence-electron chi connectivity index (χ1n) is 7.30. The number of esters is 1. The maximum absolute atomic E-state index is 14.0. The van der Waals surface area contributed by atoms with Crippen LogP contribution >= 0.6 is 0 Å². The minimum Gasteiger partial charge on any atom is -0.465 e. The number of anilines is 2. The van der Waals surface area contributed by atoms with Gasteiger partial charge in [0, 0.05) is 11.3 Å². The third-order valence-corrected chi connectivity index (χ3v) is 3.42. The van der Waals surface area contributed by atoms with Crippen molar-refractivity contribution in [2.45, 2.75) is 0 Å². The fourth-order valence-corrected chi connectivity index (χ4v) is 2.17. The number of carbonyl (C=O) groups is 1. The number of nitrogens with one attached hydrogen (secondary N) is 1. The van der Waals surface area contributed by atoms with Gasteiger partial charge in [0.05, 0.1) is 18.9 Å². The maximum Gasteiger partial charge on any atom is 0.337 e. The Kier molecular flexibility index (Phi) is 4.65. The number of hydrogen-bond acceptors (Lipinski definition) is 5. The normalized spacial score (nSPS) is 10.4. The number of carbonyl (C=O) groups excluding carboxylic acids is 1. The molecule has 0 fully saturated rings. The van der Waals surface area contributed by atoms with Gasteiger partial charge in [0.1, 0.15) is 11.5 Å². The van der Waals surface area contributed by atoms with Crippen molar-refractivity contribution < 1.29 is 18.3 Å². The largest absolute Gasteiger partial charge is 0.465 e. The average Bonchev–Trinajstić information content (AvgIpc) is 2.64. The number of benzene rings is 2. The Labute approximate surface area is 142 Å². The number of rotatable bonds is 4. The zero-order valence-electron chi connectivity index (χ0n) is 13.2. The highest BCUT2D eigenvalue weighted by atomic mass is 19.1. The first kappa shape index (κ1) is 16.5. The summed E-state index contributed by atoms with van der Waals surface area (Å²) in [5.74, 6) is -1.30. The summed E-state index contributed by atoms with van der Waals surface area (Å²) >= 11 is 0. The molecule has 0 aliphatic heterocycles. The van der Waals surface area contributed by atoms with Crippen LogP contribution in [0, 0.1) is 11.6 Å². The molecular formula is C18H13F2N3O2. The molecule has 0 amide bonds. The van der Waals surface area contributed by atoms with E-state index in [0.29, 0.717) is 16.8 Å². The van der Waals surface area contributed by atoms with E-state index in [1.807, 2.05) is 0 Å². The van der Waals surface area contributed by atoms with E-state index in [1.165, 1.54) is 31.4 Å². The molecule has 25 heavy (non-hydrogen) atoms. The van der Waals surface area contributed by atoms with Gasteiger partial charge in [-0.15, -0.1) is 0 Å². The molecule has 3 rings (SSSR count). The van der Waals surface area contributed by atoms with Gasteiger partial charge in [-0.25, -0.2) is 23.5 Å². The van der Waals surface area contributed by atoms with E-state index in [9.17, 15) is 13.6 Å². The predicted molar refractivity (Wildman–Crippen MR) is 88.4 cm³/mol. The van der Waals surface area contributed by atoms with Crippen molar-refractivity contribution in [2.24, 2.45) is 0 Å². The molecule has 0 saturated heterocycles. The van der Waals surface area contributed by atoms with Crippen molar-refractivity contribution in [3.05, 3.63) is 71.9 Å². The number of hydrogen-bond donors (Lipinski definition) is 1. The standard InChI is InChI=1S/C18H13F2N3O2/c1-25-17(24)12-4-8-14(9-5-12)22-18-21-10-15(20)16(23-18)11-2-6-13(19)7-3-11/h2-10H,1H3,(H,21,22,23). The highest BCUT2D eigenvalue weighted by molar-refractivity contribution is 5.89. The Balaban J connectivity index is 1.85. The summed E-state index contributed by atoms with van der Waals surface area (Å²) in [5.41, 5.74) is 1.51. The maximum atomic E-state index is 14.0. The van der Waals surface area contributed by atoms with Gasteiger partial charge in [-0.05, 0) is 48.5 Å². The van der Waals surface area contributed by atoms with E-state index in [2.05, 4.69) is 20.0 Å². The molecule has 0 radical (unpaired) electrons. The number of aromatic nitrogens is 2. The van der Waals surface area contributed by atoms with Crippen molar-refractivity contribution in [3.8, 4) is 11.3 Å². The average molecular weight is 341 g/mol. The fourth-order valence-electron chi connectivity index (χ4n) is 2.17. The Morgan fingerprint density at radius 3 is 2.36 bits per heavy atom. The lowest BCUT2D eigenvalue weighted by Gasteiger charge is -2.08. The summed E-state index contributed by atoms with van der Waals surface area (Å²) in [6, 6.07) is 11.8. The van der Waals surface area contributed by atoms with Crippen molar-refractivity contribution in [1.82, 2.24) is 9.97 Å². The molecule has 126 valence electrons. The predicted octanol–water partition coefficient (Wildman–Crippen LogP) is 3.95. The van der Waals surface area contributed by atoms with Crippen LogP contribution in [-0.2, 0) is 4.74 Å². The number of nitrogens with zero attached hydrogens (tertiary/aromatic N) is 2. The van der Waals surface area contributed by atoms with Crippen LogP contribution in [0.5, 0.6) is 0 Å². The molecule has 5 nitrogen and oxygen atoms in total. The minimum atomic E-state index is -0.613. The molecule has 0 saturated carbocycles. The lowest BCUT2D eigenvalue weighted by molar-refractivity contribution is 0.0601. The number of ether oxygens (including phenoxy) is 1. The van der Waals surface area contributed by atoms with Crippen LogP contribution in [0.1, 0.15) is 10.4 Å². The topological polar surface area (TPSA) is 64.1 Å². The van der Waals surface area contributed by atoms with Crippen LogP contribution < -0.4 is 5.32 Å². The summed E-state index contributed by atoms with van der Waals surface area (Å²) < 4.78 is 31.6. The van der Waals surface area contributed by atoms with Gasteiger partial charge in [0.15, 0.2) is 5.82 Å². The second-order valence-corrected chi connectivity index (χ2v) is 5.09. The number of halogens is 2. The van der Waals surface area contributed by atoms with Crippen LogP contribution in [0.2, 0.25) is 0 Å². The molecule has 0 unspecified atom stereocenters. The first-order valence-corrected chi connectivity index (χ1v) is 7.30. The Hall–Kier alpha value is -3.35. The molecule has 7 heteroatoms. The molecule has 0 aliphatic rings. The second kappa shape index (κ2) is 7.04. The molecule has 1 heterocycles. The second-order valence-electron chi connectivity index (χ2n) is 5.09. The van der Waals surface area contributed by atoms with Crippen molar-refractivity contribution in [1.29, 1.82) is 0 Å². The van der Waals surface area contributed by atoms with Crippen molar-refractivity contribution in [2.75, 3.05) is 12.4 Å². The van der Waals surface area contributed by atoms with Crippen molar-refractivity contribution in [3.63, 3.8) is 0 Å². The van der Waals surface area contributed by atoms with E-state index < -0.39 is 17.6 Å². The molecule has 0 atom stereocenters. The first-order chi connectivity index (χ1) is 12.1. The lowest BCUT2D eigenvalue weighted by Crippen LogP contribution is -2.02. The molecule has 0 aliphatic carbocycles. The Morgan fingerprint density at radius 2 is 1.72 bits per heavy atom. The zero-order valence-corrected chi connectivity index (χ0v) is 13.2. The molecule has 1 aromatic heterocycles. The molecule has 0 spiro atoms. The van der Waals surface area contributed by atoms with E-state index in [-0.39, 0.29) is 11.6 Å². The van der Waals surface area contributed by atoms with Gasteiger partial charge in [-0.1, -0.05) is 0 Å². The van der Waals surface area contributed by atoms with Crippen LogP contribution in [0.4, 0.5) is 20.4 Å². The third-order valence-electron chi connectivity index (χ3n) is 3.42. The summed E-state index contributed by atoms with van der Waals surface area (Å²) in [7, 11) is 1.30. The van der Waals surface area contributed by atoms with Gasteiger partial charge in [-0.3, -0.25) is 0 Å².